The zero-order valence-electron chi connectivity index (χ0n) is 9.88. The molecule has 1 unspecified atom stereocenters. The summed E-state index contributed by atoms with van der Waals surface area (Å²) < 4.78 is 13.6. The van der Waals surface area contributed by atoms with Crippen LogP contribution in [0.3, 0.4) is 0 Å². The van der Waals surface area contributed by atoms with Gasteiger partial charge >= 0.3 is 5.97 Å². The maximum Gasteiger partial charge on any atom is 0.315 e. The highest BCUT2D eigenvalue weighted by Crippen LogP contribution is 2.28. The van der Waals surface area contributed by atoms with Crippen molar-refractivity contribution in [2.75, 3.05) is 0 Å². The van der Waals surface area contributed by atoms with Crippen LogP contribution in [0, 0.1) is 17.1 Å². The van der Waals surface area contributed by atoms with Crippen LogP contribution in [0.2, 0.25) is 0 Å². The zero-order chi connectivity index (χ0) is 13.8. The minimum atomic E-state index is -1.12. The van der Waals surface area contributed by atoms with E-state index >= 15 is 0 Å². The molecular weight excluding hydrogens is 245 g/mol. The van der Waals surface area contributed by atoms with Crippen molar-refractivity contribution >= 4 is 5.97 Å². The molecule has 4 heteroatoms. The van der Waals surface area contributed by atoms with Crippen LogP contribution >= 0.6 is 0 Å². The van der Waals surface area contributed by atoms with Crippen LogP contribution in [-0.2, 0) is 4.79 Å². The molecule has 1 N–H and O–H groups in total. The highest BCUT2D eigenvalue weighted by Gasteiger charge is 2.25. The Morgan fingerprint density at radius 1 is 1.16 bits per heavy atom. The summed E-state index contributed by atoms with van der Waals surface area (Å²) in [6.45, 7) is 0. The minimum Gasteiger partial charge on any atom is -0.481 e. The van der Waals surface area contributed by atoms with Crippen molar-refractivity contribution in [1.82, 2.24) is 0 Å². The summed E-state index contributed by atoms with van der Waals surface area (Å²) in [5.74, 6) is -2.87. The summed E-state index contributed by atoms with van der Waals surface area (Å²) in [5, 5.41) is 18.4. The van der Waals surface area contributed by atoms with Crippen LogP contribution in [0.25, 0.3) is 0 Å². The van der Waals surface area contributed by atoms with Crippen molar-refractivity contribution in [3.05, 3.63) is 71.0 Å². The van der Waals surface area contributed by atoms with Gasteiger partial charge in [0.05, 0.1) is 5.56 Å². The highest BCUT2D eigenvalue weighted by molar-refractivity contribution is 5.81. The summed E-state index contributed by atoms with van der Waals surface area (Å²) in [7, 11) is 0. The number of carbonyl (C=O) groups is 1. The van der Waals surface area contributed by atoms with E-state index in [9.17, 15) is 14.3 Å². The van der Waals surface area contributed by atoms with Gasteiger partial charge < -0.3 is 5.11 Å². The third-order valence-electron chi connectivity index (χ3n) is 2.85. The van der Waals surface area contributed by atoms with Gasteiger partial charge in [-0.05, 0) is 17.2 Å². The van der Waals surface area contributed by atoms with E-state index in [4.69, 9.17) is 5.26 Å². The first-order chi connectivity index (χ1) is 9.15. The number of benzene rings is 2. The Kier molecular flexibility index (Phi) is 3.58. The molecule has 0 aliphatic heterocycles. The van der Waals surface area contributed by atoms with Crippen molar-refractivity contribution in [3.63, 3.8) is 0 Å². The largest absolute Gasteiger partial charge is 0.481 e. The van der Waals surface area contributed by atoms with Gasteiger partial charge in [-0.2, -0.15) is 5.26 Å². The molecule has 0 aliphatic rings. The van der Waals surface area contributed by atoms with E-state index < -0.39 is 17.7 Å². The van der Waals surface area contributed by atoms with Crippen LogP contribution in [-0.4, -0.2) is 11.1 Å². The predicted molar refractivity (Wildman–Crippen MR) is 67.0 cm³/mol. The summed E-state index contributed by atoms with van der Waals surface area (Å²) >= 11 is 0. The fourth-order valence-electron chi connectivity index (χ4n) is 2.00. The van der Waals surface area contributed by atoms with Crippen molar-refractivity contribution in [2.45, 2.75) is 5.92 Å². The molecule has 0 aromatic heterocycles. The van der Waals surface area contributed by atoms with Gasteiger partial charge in [0.15, 0.2) is 0 Å². The predicted octanol–water partition coefficient (Wildman–Crippen LogP) is 2.91. The molecule has 2 rings (SSSR count). The topological polar surface area (TPSA) is 61.1 Å². The molecule has 0 radical (unpaired) electrons. The average Bonchev–Trinajstić information content (AvgIpc) is 2.40. The molecule has 94 valence electrons. The second kappa shape index (κ2) is 5.32. The molecule has 0 fully saturated rings. The van der Waals surface area contributed by atoms with E-state index in [2.05, 4.69) is 0 Å². The minimum absolute atomic E-state index is 0.168. The van der Waals surface area contributed by atoms with E-state index in [-0.39, 0.29) is 11.1 Å². The van der Waals surface area contributed by atoms with Crippen molar-refractivity contribution in [2.24, 2.45) is 0 Å². The summed E-state index contributed by atoms with van der Waals surface area (Å²) in [6, 6.07) is 14.2. The molecule has 0 bridgehead atoms. The quantitative estimate of drug-likeness (QED) is 0.917. The van der Waals surface area contributed by atoms with Crippen LogP contribution < -0.4 is 0 Å². The van der Waals surface area contributed by atoms with Gasteiger partial charge in [-0.1, -0.05) is 42.5 Å². The lowest BCUT2D eigenvalue weighted by atomic mass is 9.88. The standard InChI is InChI=1S/C15H10FNO2/c16-13-8-4-7-11(12(13)9-17)14(15(18)19)10-5-2-1-3-6-10/h1-8,14H,(H,18,19). The molecule has 0 spiro atoms. The van der Waals surface area contributed by atoms with Gasteiger partial charge in [0.2, 0.25) is 0 Å². The Balaban J connectivity index is 2.63. The number of halogens is 1. The molecule has 0 heterocycles. The van der Waals surface area contributed by atoms with Gasteiger partial charge in [-0.15, -0.1) is 0 Å². The Bertz CT molecular complexity index is 647. The summed E-state index contributed by atoms with van der Waals surface area (Å²) in [6.07, 6.45) is 0. The van der Waals surface area contributed by atoms with Gasteiger partial charge in [0.25, 0.3) is 0 Å². The Morgan fingerprint density at radius 2 is 1.84 bits per heavy atom. The third kappa shape index (κ3) is 2.45. The van der Waals surface area contributed by atoms with E-state index in [1.807, 2.05) is 0 Å². The maximum absolute atomic E-state index is 13.6. The van der Waals surface area contributed by atoms with E-state index in [1.54, 1.807) is 36.4 Å². The molecule has 19 heavy (non-hydrogen) atoms. The number of nitrogens with zero attached hydrogens (tertiary/aromatic N) is 1. The number of carboxylic acids is 1. The molecule has 0 saturated carbocycles. The van der Waals surface area contributed by atoms with Crippen LogP contribution in [0.5, 0.6) is 0 Å². The number of aliphatic carboxylic acids is 1. The van der Waals surface area contributed by atoms with Gasteiger partial charge in [0.1, 0.15) is 17.8 Å². The van der Waals surface area contributed by atoms with Crippen LogP contribution in [0.15, 0.2) is 48.5 Å². The lowest BCUT2D eigenvalue weighted by Gasteiger charge is -2.14. The number of nitriles is 1. The molecule has 0 aliphatic carbocycles. The SMILES string of the molecule is N#Cc1c(F)cccc1C(C(=O)O)c1ccccc1. The molecule has 0 amide bonds. The normalized spacial score (nSPS) is 11.6. The van der Waals surface area contributed by atoms with Crippen molar-refractivity contribution in [1.29, 1.82) is 5.26 Å². The molecular formula is C15H10FNO2. The molecule has 0 saturated heterocycles. The highest BCUT2D eigenvalue weighted by atomic mass is 19.1. The summed E-state index contributed by atoms with van der Waals surface area (Å²) in [4.78, 5) is 11.4. The first kappa shape index (κ1) is 12.8. The number of rotatable bonds is 3. The van der Waals surface area contributed by atoms with E-state index in [0.717, 1.165) is 6.07 Å². The first-order valence-electron chi connectivity index (χ1n) is 5.61. The van der Waals surface area contributed by atoms with E-state index in [0.29, 0.717) is 5.56 Å². The van der Waals surface area contributed by atoms with Crippen LogP contribution in [0.4, 0.5) is 4.39 Å². The Morgan fingerprint density at radius 3 is 2.42 bits per heavy atom. The second-order valence-corrected chi connectivity index (χ2v) is 4.00. The van der Waals surface area contributed by atoms with Gasteiger partial charge in [-0.3, -0.25) is 4.79 Å². The lowest BCUT2D eigenvalue weighted by Crippen LogP contribution is -2.15. The molecule has 2 aromatic carbocycles. The molecule has 1 atom stereocenters. The smallest absolute Gasteiger partial charge is 0.315 e. The van der Waals surface area contributed by atoms with Crippen molar-refractivity contribution < 1.29 is 14.3 Å². The fraction of sp³-hybridized carbons (Fsp3) is 0.0667. The maximum atomic E-state index is 13.6. The number of hydrogen-bond acceptors (Lipinski definition) is 2. The number of hydrogen-bond donors (Lipinski definition) is 1. The van der Waals surface area contributed by atoms with Gasteiger partial charge in [-0.25, -0.2) is 4.39 Å². The molecule has 3 nitrogen and oxygen atoms in total. The van der Waals surface area contributed by atoms with Gasteiger partial charge in [0, 0.05) is 0 Å². The van der Waals surface area contributed by atoms with E-state index in [1.165, 1.54) is 12.1 Å². The lowest BCUT2D eigenvalue weighted by molar-refractivity contribution is -0.137. The number of carboxylic acid groups (broad SMARTS) is 1. The Labute approximate surface area is 109 Å². The molecule has 2 aromatic rings. The first-order valence-corrected chi connectivity index (χ1v) is 5.61. The third-order valence-corrected chi connectivity index (χ3v) is 2.85. The average molecular weight is 255 g/mol. The van der Waals surface area contributed by atoms with Crippen LogP contribution in [0.1, 0.15) is 22.6 Å². The van der Waals surface area contributed by atoms with Crippen molar-refractivity contribution in [3.8, 4) is 6.07 Å². The second-order valence-electron chi connectivity index (χ2n) is 4.00. The fourth-order valence-corrected chi connectivity index (χ4v) is 2.00. The monoisotopic (exact) mass is 255 g/mol. The summed E-state index contributed by atoms with van der Waals surface area (Å²) in [5.41, 5.74) is 0.456. The Hall–Kier alpha value is -2.67. The zero-order valence-corrected chi connectivity index (χ0v) is 9.88.